The predicted octanol–water partition coefficient (Wildman–Crippen LogP) is 2.96. The van der Waals surface area contributed by atoms with E-state index in [1.807, 2.05) is 72.2 Å². The van der Waals surface area contributed by atoms with E-state index in [9.17, 15) is 5.11 Å². The van der Waals surface area contributed by atoms with E-state index in [4.69, 9.17) is 0 Å². The second-order valence-corrected chi connectivity index (χ2v) is 6.71. The molecule has 2 aromatic heterocycles. The first-order chi connectivity index (χ1) is 13.1. The molecule has 3 rings (SSSR count). The molecule has 1 atom stereocenters. The standard InChI is InChI=1S/C21H27N5O.HI/c1-3-22-20(24-16-21(2,27)17-9-5-4-6-10-17)23-13-12-18-15-26-14-8-7-11-19(26)25-18;/h4-11,14-15,27H,3,12-13,16H2,1-2H3,(H2,22,23,24);1H. The maximum atomic E-state index is 10.7. The Kier molecular flexibility index (Phi) is 8.25. The molecule has 3 aromatic rings. The molecule has 0 spiro atoms. The van der Waals surface area contributed by atoms with Crippen LogP contribution in [0.5, 0.6) is 0 Å². The van der Waals surface area contributed by atoms with Gasteiger partial charge in [0.2, 0.25) is 0 Å². The van der Waals surface area contributed by atoms with E-state index in [0.29, 0.717) is 12.5 Å². The van der Waals surface area contributed by atoms with E-state index in [-0.39, 0.29) is 30.5 Å². The highest BCUT2D eigenvalue weighted by Gasteiger charge is 2.22. The summed E-state index contributed by atoms with van der Waals surface area (Å²) in [7, 11) is 0. The Balaban J connectivity index is 0.00000280. The van der Waals surface area contributed by atoms with E-state index < -0.39 is 5.60 Å². The van der Waals surface area contributed by atoms with Crippen molar-refractivity contribution in [1.82, 2.24) is 20.0 Å². The van der Waals surface area contributed by atoms with Crippen molar-refractivity contribution in [3.8, 4) is 0 Å². The third-order valence-corrected chi connectivity index (χ3v) is 4.37. The van der Waals surface area contributed by atoms with Crippen LogP contribution in [0.15, 0.2) is 65.9 Å². The first kappa shape index (κ1) is 22.2. The minimum absolute atomic E-state index is 0. The van der Waals surface area contributed by atoms with Crippen molar-refractivity contribution < 1.29 is 5.11 Å². The third kappa shape index (κ3) is 5.93. The number of aliphatic imine (C=N–C) groups is 1. The van der Waals surface area contributed by atoms with Gasteiger partial charge >= 0.3 is 0 Å². The largest absolute Gasteiger partial charge is 0.384 e. The van der Waals surface area contributed by atoms with Gasteiger partial charge in [-0.15, -0.1) is 24.0 Å². The van der Waals surface area contributed by atoms with Crippen molar-refractivity contribution in [2.24, 2.45) is 4.99 Å². The molecule has 6 nitrogen and oxygen atoms in total. The number of aliphatic hydroxyl groups is 1. The fraction of sp³-hybridized carbons (Fsp3) is 0.333. The zero-order valence-electron chi connectivity index (χ0n) is 16.3. The van der Waals surface area contributed by atoms with Crippen LogP contribution in [0, 0.1) is 0 Å². The maximum Gasteiger partial charge on any atom is 0.191 e. The Bertz CT molecular complexity index is 859. The lowest BCUT2D eigenvalue weighted by Crippen LogP contribution is -2.39. The smallest absolute Gasteiger partial charge is 0.191 e. The van der Waals surface area contributed by atoms with Gasteiger partial charge in [-0.1, -0.05) is 36.4 Å². The summed E-state index contributed by atoms with van der Waals surface area (Å²) in [5, 5.41) is 17.2. The van der Waals surface area contributed by atoms with Crippen LogP contribution in [0.3, 0.4) is 0 Å². The maximum absolute atomic E-state index is 10.7. The number of guanidine groups is 1. The van der Waals surface area contributed by atoms with E-state index >= 15 is 0 Å². The van der Waals surface area contributed by atoms with Crippen molar-refractivity contribution in [2.75, 3.05) is 19.6 Å². The van der Waals surface area contributed by atoms with Gasteiger partial charge in [-0.3, -0.25) is 0 Å². The van der Waals surface area contributed by atoms with Crippen molar-refractivity contribution in [2.45, 2.75) is 25.9 Å². The summed E-state index contributed by atoms with van der Waals surface area (Å²) >= 11 is 0. The highest BCUT2D eigenvalue weighted by molar-refractivity contribution is 14.0. The van der Waals surface area contributed by atoms with Crippen LogP contribution < -0.4 is 10.6 Å². The summed E-state index contributed by atoms with van der Waals surface area (Å²) in [4.78, 5) is 9.16. The van der Waals surface area contributed by atoms with Crippen LogP contribution >= 0.6 is 24.0 Å². The number of nitrogens with zero attached hydrogens (tertiary/aromatic N) is 3. The number of aromatic nitrogens is 2. The summed E-state index contributed by atoms with van der Waals surface area (Å²) in [6.45, 7) is 5.55. The molecule has 0 saturated carbocycles. The van der Waals surface area contributed by atoms with E-state index in [1.54, 1.807) is 6.92 Å². The number of imidazole rings is 1. The quantitative estimate of drug-likeness (QED) is 0.269. The number of hydrogen-bond donors (Lipinski definition) is 3. The fourth-order valence-electron chi connectivity index (χ4n) is 2.88. The molecule has 0 fully saturated rings. The van der Waals surface area contributed by atoms with Crippen molar-refractivity contribution in [3.63, 3.8) is 0 Å². The fourth-order valence-corrected chi connectivity index (χ4v) is 2.88. The topological polar surface area (TPSA) is 74.0 Å². The van der Waals surface area contributed by atoms with Crippen molar-refractivity contribution in [1.29, 1.82) is 0 Å². The Morgan fingerprint density at radius 2 is 1.89 bits per heavy atom. The molecular formula is C21H28IN5O. The van der Waals surface area contributed by atoms with Crippen LogP contribution in [-0.2, 0) is 12.0 Å². The van der Waals surface area contributed by atoms with Crippen molar-refractivity contribution in [3.05, 3.63) is 72.2 Å². The van der Waals surface area contributed by atoms with Gasteiger partial charge in [0.1, 0.15) is 11.2 Å². The van der Waals surface area contributed by atoms with Gasteiger partial charge in [-0.2, -0.15) is 0 Å². The lowest BCUT2D eigenvalue weighted by molar-refractivity contribution is 0.0672. The monoisotopic (exact) mass is 493 g/mol. The molecule has 0 amide bonds. The summed E-state index contributed by atoms with van der Waals surface area (Å²) in [6.07, 6.45) is 4.83. The average Bonchev–Trinajstić information content (AvgIpc) is 3.09. The Morgan fingerprint density at radius 3 is 2.61 bits per heavy atom. The highest BCUT2D eigenvalue weighted by Crippen LogP contribution is 2.20. The predicted molar refractivity (Wildman–Crippen MR) is 124 cm³/mol. The molecule has 0 aliphatic rings. The first-order valence-corrected chi connectivity index (χ1v) is 9.31. The lowest BCUT2D eigenvalue weighted by atomic mass is 9.96. The van der Waals surface area contributed by atoms with Gasteiger partial charge < -0.3 is 20.1 Å². The Labute approximate surface area is 183 Å². The molecular weight excluding hydrogens is 465 g/mol. The van der Waals surface area contributed by atoms with Crippen LogP contribution in [0.1, 0.15) is 25.1 Å². The second kappa shape index (κ2) is 10.4. The van der Waals surface area contributed by atoms with Gasteiger partial charge in [0.15, 0.2) is 5.96 Å². The van der Waals surface area contributed by atoms with Crippen LogP contribution in [0.25, 0.3) is 5.65 Å². The molecule has 0 radical (unpaired) electrons. The third-order valence-electron chi connectivity index (χ3n) is 4.37. The molecule has 3 N–H and O–H groups in total. The molecule has 0 saturated heterocycles. The number of fused-ring (bicyclic) bond motifs is 1. The van der Waals surface area contributed by atoms with E-state index in [0.717, 1.165) is 29.9 Å². The van der Waals surface area contributed by atoms with E-state index in [2.05, 4.69) is 20.6 Å². The number of halogens is 1. The molecule has 150 valence electrons. The summed E-state index contributed by atoms with van der Waals surface area (Å²) < 4.78 is 2.02. The lowest BCUT2D eigenvalue weighted by Gasteiger charge is -2.22. The Hall–Kier alpha value is -2.13. The number of pyridine rings is 1. The van der Waals surface area contributed by atoms with Gasteiger partial charge in [0, 0.05) is 31.9 Å². The normalized spacial score (nSPS) is 13.6. The zero-order chi connectivity index (χ0) is 19.1. The molecule has 28 heavy (non-hydrogen) atoms. The second-order valence-electron chi connectivity index (χ2n) is 6.71. The summed E-state index contributed by atoms with van der Waals surface area (Å²) in [5.74, 6) is 0.692. The zero-order valence-corrected chi connectivity index (χ0v) is 18.6. The number of hydrogen-bond acceptors (Lipinski definition) is 3. The summed E-state index contributed by atoms with van der Waals surface area (Å²) in [6, 6.07) is 15.6. The average molecular weight is 493 g/mol. The van der Waals surface area contributed by atoms with Crippen LogP contribution in [-0.4, -0.2) is 40.1 Å². The number of nitrogens with one attached hydrogen (secondary N) is 2. The number of rotatable bonds is 7. The van der Waals surface area contributed by atoms with Gasteiger partial charge in [-0.25, -0.2) is 9.98 Å². The first-order valence-electron chi connectivity index (χ1n) is 9.31. The molecule has 2 heterocycles. The molecule has 0 aliphatic heterocycles. The highest BCUT2D eigenvalue weighted by atomic mass is 127. The number of benzene rings is 1. The molecule has 7 heteroatoms. The molecule has 1 unspecified atom stereocenters. The Morgan fingerprint density at radius 1 is 1.14 bits per heavy atom. The molecule has 0 aliphatic carbocycles. The van der Waals surface area contributed by atoms with Crippen molar-refractivity contribution >= 4 is 35.6 Å². The van der Waals surface area contributed by atoms with Crippen LogP contribution in [0.2, 0.25) is 0 Å². The molecule has 1 aromatic carbocycles. The minimum Gasteiger partial charge on any atom is -0.384 e. The van der Waals surface area contributed by atoms with Crippen LogP contribution in [0.4, 0.5) is 0 Å². The van der Waals surface area contributed by atoms with E-state index in [1.165, 1.54) is 0 Å². The van der Waals surface area contributed by atoms with Gasteiger partial charge in [0.05, 0.1) is 12.2 Å². The van der Waals surface area contributed by atoms with Gasteiger partial charge in [-0.05, 0) is 31.5 Å². The molecule has 0 bridgehead atoms. The minimum atomic E-state index is -1.01. The van der Waals surface area contributed by atoms with Gasteiger partial charge in [0.25, 0.3) is 0 Å². The SMILES string of the molecule is CCNC(=NCC(C)(O)c1ccccc1)NCCc1cn2ccccc2n1.I. The summed E-state index contributed by atoms with van der Waals surface area (Å²) in [5.41, 5.74) is 1.83.